The van der Waals surface area contributed by atoms with Crippen LogP contribution >= 0.6 is 0 Å². The molecule has 0 aliphatic heterocycles. The quantitative estimate of drug-likeness (QED) is 0.749. The number of aliphatic hydroxyl groups excluding tert-OH is 1. The number of halogens is 3. The highest BCUT2D eigenvalue weighted by molar-refractivity contribution is 5.48. The van der Waals surface area contributed by atoms with Gasteiger partial charge in [0.2, 0.25) is 6.23 Å². The monoisotopic (exact) mass is 219 g/mol. The molecular weight excluding hydrogens is 207 g/mol. The third-order valence-corrected chi connectivity index (χ3v) is 2.12. The molecule has 0 saturated carbocycles. The summed E-state index contributed by atoms with van der Waals surface area (Å²) in [4.78, 5) is 0. The molecule has 0 saturated heterocycles. The van der Waals surface area contributed by atoms with Gasteiger partial charge < -0.3 is 10.4 Å². The van der Waals surface area contributed by atoms with Gasteiger partial charge in [-0.2, -0.15) is 13.2 Å². The zero-order chi connectivity index (χ0) is 11.6. The van der Waals surface area contributed by atoms with E-state index in [0.717, 1.165) is 11.1 Å². The van der Waals surface area contributed by atoms with Gasteiger partial charge in [-0.15, -0.1) is 0 Å². The highest BCUT2D eigenvalue weighted by Gasteiger charge is 2.38. The topological polar surface area (TPSA) is 32.3 Å². The molecule has 0 aliphatic carbocycles. The maximum Gasteiger partial charge on any atom is 0.433 e. The zero-order valence-corrected chi connectivity index (χ0v) is 8.39. The molecule has 0 radical (unpaired) electrons. The molecule has 0 aromatic heterocycles. The van der Waals surface area contributed by atoms with Crippen LogP contribution < -0.4 is 5.32 Å². The maximum absolute atomic E-state index is 12.0. The molecular formula is C10H12F3NO. The summed E-state index contributed by atoms with van der Waals surface area (Å²) in [7, 11) is 0. The second-order valence-corrected chi connectivity index (χ2v) is 3.39. The van der Waals surface area contributed by atoms with Gasteiger partial charge >= 0.3 is 6.18 Å². The van der Waals surface area contributed by atoms with Crippen molar-refractivity contribution in [2.45, 2.75) is 26.3 Å². The van der Waals surface area contributed by atoms with Crippen LogP contribution in [0.15, 0.2) is 18.2 Å². The Morgan fingerprint density at radius 3 is 2.27 bits per heavy atom. The van der Waals surface area contributed by atoms with Crippen LogP contribution in [0.5, 0.6) is 0 Å². The lowest BCUT2D eigenvalue weighted by Crippen LogP contribution is -2.35. The standard InChI is InChI=1S/C10H12F3NO/c1-6-3-4-8(5-7(6)2)14-9(15)10(11,12)13/h3-5,9,14-15H,1-2H3. The fourth-order valence-electron chi connectivity index (χ4n) is 1.07. The second kappa shape index (κ2) is 4.10. The molecule has 1 unspecified atom stereocenters. The van der Waals surface area contributed by atoms with Crippen LogP contribution in [-0.4, -0.2) is 17.5 Å². The van der Waals surface area contributed by atoms with E-state index in [-0.39, 0.29) is 5.69 Å². The Balaban J connectivity index is 2.78. The first-order valence-corrected chi connectivity index (χ1v) is 4.39. The van der Waals surface area contributed by atoms with Crippen LogP contribution in [0.2, 0.25) is 0 Å². The first-order chi connectivity index (χ1) is 6.80. The van der Waals surface area contributed by atoms with Crippen LogP contribution in [0.1, 0.15) is 11.1 Å². The van der Waals surface area contributed by atoms with E-state index in [4.69, 9.17) is 5.11 Å². The van der Waals surface area contributed by atoms with Gasteiger partial charge in [0.25, 0.3) is 0 Å². The Morgan fingerprint density at radius 1 is 1.20 bits per heavy atom. The summed E-state index contributed by atoms with van der Waals surface area (Å²) in [5.41, 5.74) is 2.11. The Labute approximate surface area is 85.7 Å². The van der Waals surface area contributed by atoms with Gasteiger partial charge in [0.05, 0.1) is 0 Å². The van der Waals surface area contributed by atoms with Crippen LogP contribution in [-0.2, 0) is 0 Å². The zero-order valence-electron chi connectivity index (χ0n) is 8.39. The van der Waals surface area contributed by atoms with Crippen molar-refractivity contribution < 1.29 is 18.3 Å². The normalized spacial score (nSPS) is 13.7. The van der Waals surface area contributed by atoms with Gasteiger partial charge in [-0.1, -0.05) is 6.07 Å². The first-order valence-electron chi connectivity index (χ1n) is 4.39. The van der Waals surface area contributed by atoms with Crippen LogP contribution in [0.4, 0.5) is 18.9 Å². The lowest BCUT2D eigenvalue weighted by atomic mass is 10.1. The number of aryl methyl sites for hydroxylation is 2. The lowest BCUT2D eigenvalue weighted by molar-refractivity contribution is -0.194. The van der Waals surface area contributed by atoms with E-state index < -0.39 is 12.4 Å². The molecule has 0 aliphatic rings. The van der Waals surface area contributed by atoms with E-state index in [1.807, 2.05) is 12.2 Å². The summed E-state index contributed by atoms with van der Waals surface area (Å²) in [6, 6.07) is 4.75. The van der Waals surface area contributed by atoms with Crippen molar-refractivity contribution in [3.8, 4) is 0 Å². The van der Waals surface area contributed by atoms with Gasteiger partial charge in [0, 0.05) is 5.69 Å². The number of nitrogens with one attached hydrogen (secondary N) is 1. The third kappa shape index (κ3) is 3.13. The largest absolute Gasteiger partial charge is 0.433 e. The predicted molar refractivity (Wildman–Crippen MR) is 51.6 cm³/mol. The number of benzene rings is 1. The molecule has 5 heteroatoms. The van der Waals surface area contributed by atoms with Crippen molar-refractivity contribution in [3.05, 3.63) is 29.3 Å². The average molecular weight is 219 g/mol. The predicted octanol–water partition coefficient (Wildman–Crippen LogP) is 2.60. The van der Waals surface area contributed by atoms with Crippen molar-refractivity contribution in [2.75, 3.05) is 5.32 Å². The molecule has 1 rings (SSSR count). The summed E-state index contributed by atoms with van der Waals surface area (Å²) in [5.74, 6) is 0. The van der Waals surface area contributed by atoms with E-state index in [0.29, 0.717) is 0 Å². The Morgan fingerprint density at radius 2 is 1.80 bits per heavy atom. The van der Waals surface area contributed by atoms with Crippen molar-refractivity contribution in [1.82, 2.24) is 0 Å². The molecule has 0 amide bonds. The summed E-state index contributed by atoms with van der Waals surface area (Å²) in [6.07, 6.45) is -7.18. The first kappa shape index (κ1) is 11.8. The van der Waals surface area contributed by atoms with Crippen LogP contribution in [0, 0.1) is 13.8 Å². The average Bonchev–Trinajstić information content (AvgIpc) is 2.10. The Hall–Kier alpha value is -1.23. The van der Waals surface area contributed by atoms with E-state index in [1.54, 1.807) is 19.1 Å². The number of alkyl halides is 3. The van der Waals surface area contributed by atoms with Crippen molar-refractivity contribution in [3.63, 3.8) is 0 Å². The summed E-state index contributed by atoms with van der Waals surface area (Å²) < 4.78 is 36.0. The van der Waals surface area contributed by atoms with E-state index in [1.165, 1.54) is 6.07 Å². The fraction of sp³-hybridized carbons (Fsp3) is 0.400. The summed E-state index contributed by atoms with van der Waals surface area (Å²) >= 11 is 0. The van der Waals surface area contributed by atoms with Gasteiger partial charge in [-0.05, 0) is 37.1 Å². The van der Waals surface area contributed by atoms with Crippen LogP contribution in [0.25, 0.3) is 0 Å². The van der Waals surface area contributed by atoms with Crippen molar-refractivity contribution in [2.24, 2.45) is 0 Å². The number of hydrogen-bond donors (Lipinski definition) is 2. The molecule has 2 N–H and O–H groups in total. The van der Waals surface area contributed by atoms with Gasteiger partial charge in [0.1, 0.15) is 0 Å². The van der Waals surface area contributed by atoms with E-state index in [9.17, 15) is 13.2 Å². The van der Waals surface area contributed by atoms with Gasteiger partial charge in [-0.3, -0.25) is 0 Å². The van der Waals surface area contributed by atoms with Crippen molar-refractivity contribution in [1.29, 1.82) is 0 Å². The number of aliphatic hydroxyl groups is 1. The molecule has 84 valence electrons. The third-order valence-electron chi connectivity index (χ3n) is 2.12. The number of rotatable bonds is 2. The summed E-state index contributed by atoms with van der Waals surface area (Å²) in [5, 5.41) is 10.7. The Bertz CT molecular complexity index is 349. The minimum atomic E-state index is -4.65. The highest BCUT2D eigenvalue weighted by Crippen LogP contribution is 2.22. The van der Waals surface area contributed by atoms with E-state index >= 15 is 0 Å². The molecule has 0 bridgehead atoms. The molecule has 0 heterocycles. The minimum absolute atomic E-state index is 0.253. The fourth-order valence-corrected chi connectivity index (χ4v) is 1.07. The molecule has 1 atom stereocenters. The minimum Gasteiger partial charge on any atom is -0.366 e. The molecule has 0 fully saturated rings. The molecule has 15 heavy (non-hydrogen) atoms. The summed E-state index contributed by atoms with van der Waals surface area (Å²) in [6.45, 7) is 3.65. The van der Waals surface area contributed by atoms with Gasteiger partial charge in [-0.25, -0.2) is 0 Å². The number of anilines is 1. The molecule has 1 aromatic carbocycles. The molecule has 2 nitrogen and oxygen atoms in total. The number of hydrogen-bond acceptors (Lipinski definition) is 2. The highest BCUT2D eigenvalue weighted by atomic mass is 19.4. The smallest absolute Gasteiger partial charge is 0.366 e. The Kier molecular flexibility index (Phi) is 3.24. The second-order valence-electron chi connectivity index (χ2n) is 3.39. The lowest BCUT2D eigenvalue weighted by Gasteiger charge is -2.17. The maximum atomic E-state index is 12.0. The molecule has 0 spiro atoms. The van der Waals surface area contributed by atoms with E-state index in [2.05, 4.69) is 0 Å². The van der Waals surface area contributed by atoms with Crippen molar-refractivity contribution >= 4 is 5.69 Å². The molecule has 1 aromatic rings. The van der Waals surface area contributed by atoms with Crippen LogP contribution in [0.3, 0.4) is 0 Å². The SMILES string of the molecule is Cc1ccc(NC(O)C(F)(F)F)cc1C. The van der Waals surface area contributed by atoms with Gasteiger partial charge in [0.15, 0.2) is 0 Å².